The Labute approximate surface area is 219 Å². The Morgan fingerprint density at radius 2 is 1.86 bits per heavy atom. The minimum Gasteiger partial charge on any atom is -0.379 e. The number of pyridine rings is 1. The van der Waals surface area contributed by atoms with Crippen LogP contribution in [0.2, 0.25) is 0 Å². The largest absolute Gasteiger partial charge is 0.379 e. The highest BCUT2D eigenvalue weighted by Gasteiger charge is 2.45. The second kappa shape index (κ2) is 9.89. The Bertz CT molecular complexity index is 1250. The first kappa shape index (κ1) is 25.9. The first-order valence-electron chi connectivity index (χ1n) is 13.1. The number of benzene rings is 1. The zero-order chi connectivity index (χ0) is 26.3. The fourth-order valence-corrected chi connectivity index (χ4v) is 6.54. The lowest BCUT2D eigenvalue weighted by molar-refractivity contribution is 0.102. The fraction of sp³-hybridized carbons (Fsp3) is 0.556. The van der Waals surface area contributed by atoms with E-state index in [1.54, 1.807) is 39.0 Å². The molecule has 3 aliphatic rings. The molecule has 3 heterocycles. The van der Waals surface area contributed by atoms with Crippen LogP contribution in [0.3, 0.4) is 0 Å². The minimum atomic E-state index is -3.73. The number of anilines is 3. The van der Waals surface area contributed by atoms with Crippen molar-refractivity contribution in [1.29, 1.82) is 0 Å². The molecule has 3 fully saturated rings. The van der Waals surface area contributed by atoms with Gasteiger partial charge in [-0.25, -0.2) is 18.1 Å². The van der Waals surface area contributed by atoms with Crippen LogP contribution in [0.25, 0.3) is 0 Å². The molecule has 37 heavy (non-hydrogen) atoms. The van der Waals surface area contributed by atoms with Crippen LogP contribution < -0.4 is 20.3 Å². The standard InChI is InChI=1S/C27H37N5O4S/c1-26(2,3)31-37(34,35)21-6-4-5-19(17-21)29-25(33)22-7-8-23(28-20-9-16-36-18-20)30-24(22)32-14-12-27(10-11-27)13-15-32/h4-8,17,20,31H,9-16,18H2,1-3H3,(H,28,30)(H,29,33). The molecule has 1 amide bonds. The summed E-state index contributed by atoms with van der Waals surface area (Å²) in [7, 11) is -3.73. The lowest BCUT2D eigenvalue weighted by Gasteiger charge is -2.34. The maximum Gasteiger partial charge on any atom is 0.259 e. The number of hydrogen-bond donors (Lipinski definition) is 3. The summed E-state index contributed by atoms with van der Waals surface area (Å²) in [5.41, 5.74) is 0.768. The second-order valence-electron chi connectivity index (χ2n) is 11.6. The highest BCUT2D eigenvalue weighted by molar-refractivity contribution is 7.89. The fourth-order valence-electron chi connectivity index (χ4n) is 5.08. The molecular weight excluding hydrogens is 490 g/mol. The predicted molar refractivity (Wildman–Crippen MR) is 145 cm³/mol. The zero-order valence-electron chi connectivity index (χ0n) is 21.8. The lowest BCUT2D eigenvalue weighted by atomic mass is 9.93. The van der Waals surface area contributed by atoms with Crippen LogP contribution >= 0.6 is 0 Å². The molecule has 2 aromatic rings. The van der Waals surface area contributed by atoms with Crippen molar-refractivity contribution < 1.29 is 17.9 Å². The van der Waals surface area contributed by atoms with Gasteiger partial charge in [0.2, 0.25) is 10.0 Å². The molecule has 1 aromatic heterocycles. The van der Waals surface area contributed by atoms with Gasteiger partial charge in [0.15, 0.2) is 0 Å². The molecule has 3 N–H and O–H groups in total. The summed E-state index contributed by atoms with van der Waals surface area (Å²) in [4.78, 5) is 20.7. The number of piperidine rings is 1. The average molecular weight is 528 g/mol. The third-order valence-electron chi connectivity index (χ3n) is 7.32. The number of carbonyl (C=O) groups excluding carboxylic acids is 1. The summed E-state index contributed by atoms with van der Waals surface area (Å²) in [6, 6.07) is 10.2. The molecule has 10 heteroatoms. The Morgan fingerprint density at radius 3 is 2.51 bits per heavy atom. The number of rotatable bonds is 7. The molecule has 5 rings (SSSR count). The first-order valence-corrected chi connectivity index (χ1v) is 14.6. The van der Waals surface area contributed by atoms with Gasteiger partial charge in [-0.05, 0) is 88.6 Å². The van der Waals surface area contributed by atoms with Crippen LogP contribution in [-0.2, 0) is 14.8 Å². The van der Waals surface area contributed by atoms with E-state index in [-0.39, 0.29) is 16.8 Å². The monoisotopic (exact) mass is 527 g/mol. The first-order chi connectivity index (χ1) is 17.5. The van der Waals surface area contributed by atoms with Gasteiger partial charge in [-0.2, -0.15) is 0 Å². The molecule has 1 aromatic carbocycles. The van der Waals surface area contributed by atoms with E-state index in [2.05, 4.69) is 20.3 Å². The van der Waals surface area contributed by atoms with Crippen molar-refractivity contribution >= 4 is 33.3 Å². The van der Waals surface area contributed by atoms with Gasteiger partial charge in [0, 0.05) is 30.9 Å². The van der Waals surface area contributed by atoms with Gasteiger partial charge in [-0.15, -0.1) is 0 Å². The number of hydrogen-bond acceptors (Lipinski definition) is 7. The Kier molecular flexibility index (Phi) is 6.93. The van der Waals surface area contributed by atoms with E-state index in [1.807, 2.05) is 6.07 Å². The van der Waals surface area contributed by atoms with Crippen LogP contribution in [-0.4, -0.2) is 57.2 Å². The number of ether oxygens (including phenoxy) is 1. The topological polar surface area (TPSA) is 113 Å². The van der Waals surface area contributed by atoms with E-state index in [9.17, 15) is 13.2 Å². The number of nitrogens with zero attached hydrogens (tertiary/aromatic N) is 2. The van der Waals surface area contributed by atoms with Gasteiger partial charge >= 0.3 is 0 Å². The molecule has 0 bridgehead atoms. The SMILES string of the molecule is CC(C)(C)NS(=O)(=O)c1cccc(NC(=O)c2ccc(NC3CCOC3)nc2N2CCC3(CC2)CC3)c1. The molecular formula is C27H37N5O4S. The maximum atomic E-state index is 13.5. The van der Waals surface area contributed by atoms with E-state index in [0.717, 1.165) is 44.8 Å². The van der Waals surface area contributed by atoms with E-state index in [4.69, 9.17) is 9.72 Å². The van der Waals surface area contributed by atoms with Gasteiger partial charge < -0.3 is 20.3 Å². The summed E-state index contributed by atoms with van der Waals surface area (Å²) < 4.78 is 33.7. The number of carbonyl (C=O) groups is 1. The Hall–Kier alpha value is -2.69. The number of amides is 1. The van der Waals surface area contributed by atoms with Crippen molar-refractivity contribution in [3.63, 3.8) is 0 Å². The van der Waals surface area contributed by atoms with Crippen molar-refractivity contribution in [3.8, 4) is 0 Å². The molecule has 200 valence electrons. The number of sulfonamides is 1. The summed E-state index contributed by atoms with van der Waals surface area (Å²) >= 11 is 0. The third-order valence-corrected chi connectivity index (χ3v) is 9.08. The second-order valence-corrected chi connectivity index (χ2v) is 13.3. The Balaban J connectivity index is 1.38. The predicted octanol–water partition coefficient (Wildman–Crippen LogP) is 3.99. The molecule has 2 saturated heterocycles. The van der Waals surface area contributed by atoms with E-state index in [1.165, 1.54) is 25.0 Å². The van der Waals surface area contributed by atoms with Gasteiger partial charge in [0.25, 0.3) is 5.91 Å². The highest BCUT2D eigenvalue weighted by atomic mass is 32.2. The molecule has 1 unspecified atom stereocenters. The molecule has 2 aliphatic heterocycles. The van der Waals surface area contributed by atoms with E-state index >= 15 is 0 Å². The average Bonchev–Trinajstić information content (AvgIpc) is 3.38. The smallest absolute Gasteiger partial charge is 0.259 e. The number of aromatic nitrogens is 1. The molecule has 1 spiro atoms. The van der Waals surface area contributed by atoms with E-state index in [0.29, 0.717) is 29.1 Å². The molecule has 1 aliphatic carbocycles. The molecule has 9 nitrogen and oxygen atoms in total. The van der Waals surface area contributed by atoms with E-state index < -0.39 is 15.6 Å². The van der Waals surface area contributed by atoms with Crippen molar-refractivity contribution in [2.75, 3.05) is 41.8 Å². The third kappa shape index (κ3) is 6.25. The van der Waals surface area contributed by atoms with Crippen LogP contribution in [0.15, 0.2) is 41.3 Å². The highest BCUT2D eigenvalue weighted by Crippen LogP contribution is 2.54. The van der Waals surface area contributed by atoms with Crippen LogP contribution in [0.1, 0.15) is 63.2 Å². The molecule has 1 saturated carbocycles. The van der Waals surface area contributed by atoms with Gasteiger partial charge in [0.05, 0.1) is 23.1 Å². The van der Waals surface area contributed by atoms with Gasteiger partial charge in [-0.1, -0.05) is 6.07 Å². The van der Waals surface area contributed by atoms with Crippen LogP contribution in [0.5, 0.6) is 0 Å². The van der Waals surface area contributed by atoms with Gasteiger partial charge in [-0.3, -0.25) is 4.79 Å². The summed E-state index contributed by atoms with van der Waals surface area (Å²) in [5, 5.41) is 6.34. The summed E-state index contributed by atoms with van der Waals surface area (Å²) in [6.07, 6.45) is 5.76. The quantitative estimate of drug-likeness (QED) is 0.499. The summed E-state index contributed by atoms with van der Waals surface area (Å²) in [6.45, 7) is 8.48. The van der Waals surface area contributed by atoms with Crippen LogP contribution in [0, 0.1) is 5.41 Å². The Morgan fingerprint density at radius 1 is 1.11 bits per heavy atom. The van der Waals surface area contributed by atoms with Crippen LogP contribution in [0.4, 0.5) is 17.3 Å². The minimum absolute atomic E-state index is 0.0997. The van der Waals surface area contributed by atoms with Crippen molar-refractivity contribution in [1.82, 2.24) is 9.71 Å². The van der Waals surface area contributed by atoms with Crippen molar-refractivity contribution in [3.05, 3.63) is 42.0 Å². The van der Waals surface area contributed by atoms with Crippen molar-refractivity contribution in [2.45, 2.75) is 69.4 Å². The zero-order valence-corrected chi connectivity index (χ0v) is 22.7. The summed E-state index contributed by atoms with van der Waals surface area (Å²) in [5.74, 6) is 1.08. The number of nitrogens with one attached hydrogen (secondary N) is 3. The molecule has 1 atom stereocenters. The van der Waals surface area contributed by atoms with Gasteiger partial charge in [0.1, 0.15) is 11.6 Å². The molecule has 0 radical (unpaired) electrons. The van der Waals surface area contributed by atoms with Crippen molar-refractivity contribution in [2.24, 2.45) is 5.41 Å². The maximum absolute atomic E-state index is 13.5. The normalized spacial score (nSPS) is 21.2. The lowest BCUT2D eigenvalue weighted by Crippen LogP contribution is -2.40.